The minimum Gasteiger partial charge on any atom is -0.473 e. The number of hydrogen-bond donors (Lipinski definition) is 5. The van der Waals surface area contributed by atoms with Gasteiger partial charge in [-0.3, -0.25) is 4.79 Å². The highest BCUT2D eigenvalue weighted by atomic mass is 16.4. The third-order valence-corrected chi connectivity index (χ3v) is 6.21. The van der Waals surface area contributed by atoms with Crippen LogP contribution in [0, 0.1) is 0 Å². The van der Waals surface area contributed by atoms with Crippen LogP contribution in [0.1, 0.15) is 67.6 Å². The molecule has 2 aliphatic carbocycles. The second-order valence-electron chi connectivity index (χ2n) is 8.47. The molecule has 4 rings (SSSR count). The molecule has 2 aliphatic rings. The maximum absolute atomic E-state index is 12.5. The Labute approximate surface area is 181 Å². The molecule has 8 nitrogen and oxygen atoms in total. The molecule has 2 atom stereocenters. The monoisotopic (exact) mass is 429 g/mol. The molecule has 1 saturated carbocycles. The minimum absolute atomic E-state index is 0.0756. The van der Waals surface area contributed by atoms with E-state index in [0.29, 0.717) is 18.1 Å². The number of rotatable bonds is 5. The summed E-state index contributed by atoms with van der Waals surface area (Å²) in [6.45, 7) is 4.48. The first-order chi connectivity index (χ1) is 14.8. The standard InChI is InChI=1S/C21H29N3O.C2H2O4/c1-3-13(2)22-16-8-10-20-18(12-16)17-11-14(7-9-19(17)24-20)21(25)23-15-5-4-6-15;3-1(4)2(5)6/h7,9,11,13,15-16,22,24H,3-6,8,10,12H2,1-2H3,(H,23,25);(H,3,4)(H,5,6). The number of aromatic nitrogens is 1. The number of fused-ring (bicyclic) bond motifs is 3. The van der Waals surface area contributed by atoms with E-state index in [-0.39, 0.29) is 5.91 Å². The van der Waals surface area contributed by atoms with Crippen molar-refractivity contribution >= 4 is 28.7 Å². The van der Waals surface area contributed by atoms with E-state index in [1.807, 2.05) is 6.07 Å². The number of carbonyl (C=O) groups excluding carboxylic acids is 1. The van der Waals surface area contributed by atoms with Crippen LogP contribution in [0.3, 0.4) is 0 Å². The molecule has 0 spiro atoms. The molecule has 8 heteroatoms. The van der Waals surface area contributed by atoms with E-state index in [2.05, 4.69) is 41.6 Å². The number of benzene rings is 1. The predicted octanol–water partition coefficient (Wildman–Crippen LogP) is 2.85. The van der Waals surface area contributed by atoms with Crippen molar-refractivity contribution in [3.8, 4) is 0 Å². The van der Waals surface area contributed by atoms with Gasteiger partial charge < -0.3 is 25.8 Å². The van der Waals surface area contributed by atoms with Gasteiger partial charge in [-0.05, 0) is 75.6 Å². The van der Waals surface area contributed by atoms with Crippen molar-refractivity contribution in [1.29, 1.82) is 0 Å². The van der Waals surface area contributed by atoms with Crippen LogP contribution >= 0.6 is 0 Å². The first-order valence-corrected chi connectivity index (χ1v) is 10.9. The number of carboxylic acids is 2. The van der Waals surface area contributed by atoms with Crippen molar-refractivity contribution in [1.82, 2.24) is 15.6 Å². The van der Waals surface area contributed by atoms with Gasteiger partial charge in [0.2, 0.25) is 0 Å². The van der Waals surface area contributed by atoms with Gasteiger partial charge >= 0.3 is 11.9 Å². The zero-order chi connectivity index (χ0) is 22.5. The summed E-state index contributed by atoms with van der Waals surface area (Å²) < 4.78 is 0. The minimum atomic E-state index is -1.82. The van der Waals surface area contributed by atoms with Gasteiger partial charge in [0.15, 0.2) is 0 Å². The largest absolute Gasteiger partial charge is 0.473 e. The van der Waals surface area contributed by atoms with Crippen molar-refractivity contribution in [3.05, 3.63) is 35.0 Å². The Balaban J connectivity index is 0.000000401. The van der Waals surface area contributed by atoms with Gasteiger partial charge in [0.1, 0.15) is 0 Å². The fourth-order valence-corrected chi connectivity index (χ4v) is 4.04. The summed E-state index contributed by atoms with van der Waals surface area (Å²) in [4.78, 5) is 34.3. The molecular formula is C23H31N3O5. The van der Waals surface area contributed by atoms with E-state index in [1.54, 1.807) is 0 Å². The zero-order valence-corrected chi connectivity index (χ0v) is 18.0. The molecule has 1 aromatic carbocycles. The number of carboxylic acid groups (broad SMARTS) is 2. The van der Waals surface area contributed by atoms with E-state index >= 15 is 0 Å². The van der Waals surface area contributed by atoms with Crippen molar-refractivity contribution in [3.63, 3.8) is 0 Å². The van der Waals surface area contributed by atoms with Crippen molar-refractivity contribution < 1.29 is 24.6 Å². The van der Waals surface area contributed by atoms with Gasteiger partial charge in [-0.25, -0.2) is 9.59 Å². The number of aliphatic carboxylic acids is 2. The van der Waals surface area contributed by atoms with Crippen LogP contribution < -0.4 is 10.6 Å². The number of aryl methyl sites for hydroxylation is 1. The lowest BCUT2D eigenvalue weighted by Crippen LogP contribution is -2.39. The van der Waals surface area contributed by atoms with Crippen LogP contribution in [-0.4, -0.2) is 51.2 Å². The molecule has 1 fully saturated rings. The van der Waals surface area contributed by atoms with E-state index in [0.717, 1.165) is 43.2 Å². The lowest BCUT2D eigenvalue weighted by atomic mass is 9.90. The molecule has 168 valence electrons. The number of carbonyl (C=O) groups is 3. The van der Waals surface area contributed by atoms with Crippen LogP contribution in [-0.2, 0) is 22.4 Å². The van der Waals surface area contributed by atoms with Gasteiger partial charge in [-0.15, -0.1) is 0 Å². The highest BCUT2D eigenvalue weighted by molar-refractivity contribution is 6.27. The maximum atomic E-state index is 12.5. The fourth-order valence-electron chi connectivity index (χ4n) is 4.04. The zero-order valence-electron chi connectivity index (χ0n) is 18.0. The number of hydrogen-bond acceptors (Lipinski definition) is 4. The highest BCUT2D eigenvalue weighted by Gasteiger charge is 2.24. The molecule has 0 saturated heterocycles. The molecule has 1 aromatic heterocycles. The average molecular weight is 430 g/mol. The molecule has 2 unspecified atom stereocenters. The Hall–Kier alpha value is -2.87. The molecule has 0 bridgehead atoms. The summed E-state index contributed by atoms with van der Waals surface area (Å²) >= 11 is 0. The van der Waals surface area contributed by atoms with Crippen LogP contribution in [0.25, 0.3) is 10.9 Å². The summed E-state index contributed by atoms with van der Waals surface area (Å²) in [5.41, 5.74) is 4.71. The molecule has 0 aliphatic heterocycles. The van der Waals surface area contributed by atoms with Crippen LogP contribution in [0.5, 0.6) is 0 Å². The molecule has 1 heterocycles. The number of amides is 1. The topological polar surface area (TPSA) is 132 Å². The van der Waals surface area contributed by atoms with Gasteiger partial charge in [0.05, 0.1) is 0 Å². The van der Waals surface area contributed by atoms with E-state index in [1.165, 1.54) is 29.5 Å². The second-order valence-corrected chi connectivity index (χ2v) is 8.47. The van der Waals surface area contributed by atoms with Gasteiger partial charge in [-0.2, -0.15) is 0 Å². The van der Waals surface area contributed by atoms with Crippen molar-refractivity contribution in [2.45, 2.75) is 76.9 Å². The lowest BCUT2D eigenvalue weighted by Gasteiger charge is -2.27. The van der Waals surface area contributed by atoms with E-state index in [4.69, 9.17) is 19.8 Å². The SMILES string of the molecule is CCC(C)NC1CCc2[nH]c3ccc(C(=O)NC4CCC4)cc3c2C1.O=C(O)C(=O)O. The van der Waals surface area contributed by atoms with Crippen LogP contribution in [0.15, 0.2) is 18.2 Å². The summed E-state index contributed by atoms with van der Waals surface area (Å²) in [7, 11) is 0. The average Bonchev–Trinajstić information content (AvgIpc) is 3.08. The quantitative estimate of drug-likeness (QED) is 0.465. The molecule has 31 heavy (non-hydrogen) atoms. The van der Waals surface area contributed by atoms with E-state index in [9.17, 15) is 4.79 Å². The van der Waals surface area contributed by atoms with E-state index < -0.39 is 11.9 Å². The number of H-pyrrole nitrogens is 1. The molecule has 2 aromatic rings. The van der Waals surface area contributed by atoms with Crippen molar-refractivity contribution in [2.24, 2.45) is 0 Å². The first-order valence-electron chi connectivity index (χ1n) is 10.9. The Bertz CT molecular complexity index is 952. The first kappa shape index (κ1) is 22.8. The summed E-state index contributed by atoms with van der Waals surface area (Å²) in [6, 6.07) is 7.58. The smallest absolute Gasteiger partial charge is 0.414 e. The molecule has 0 radical (unpaired) electrons. The maximum Gasteiger partial charge on any atom is 0.414 e. The fraction of sp³-hybridized carbons (Fsp3) is 0.522. The summed E-state index contributed by atoms with van der Waals surface area (Å²) in [5.74, 6) is -3.57. The number of aromatic amines is 1. The third-order valence-electron chi connectivity index (χ3n) is 6.21. The Morgan fingerprint density at radius 1 is 1.13 bits per heavy atom. The highest BCUT2D eigenvalue weighted by Crippen LogP contribution is 2.30. The van der Waals surface area contributed by atoms with Crippen LogP contribution in [0.2, 0.25) is 0 Å². The number of nitrogens with one attached hydrogen (secondary N) is 3. The normalized spacial score (nSPS) is 18.8. The van der Waals surface area contributed by atoms with Gasteiger partial charge in [0, 0.05) is 40.3 Å². The van der Waals surface area contributed by atoms with Crippen LogP contribution in [0.4, 0.5) is 0 Å². The predicted molar refractivity (Wildman–Crippen MR) is 117 cm³/mol. The summed E-state index contributed by atoms with van der Waals surface area (Å²) in [6.07, 6.45) is 7.95. The summed E-state index contributed by atoms with van der Waals surface area (Å²) in [5, 5.41) is 22.9. The van der Waals surface area contributed by atoms with Gasteiger partial charge in [0.25, 0.3) is 5.91 Å². The Morgan fingerprint density at radius 3 is 2.42 bits per heavy atom. The lowest BCUT2D eigenvalue weighted by molar-refractivity contribution is -0.159. The molecule has 1 amide bonds. The Morgan fingerprint density at radius 2 is 1.84 bits per heavy atom. The third kappa shape index (κ3) is 5.64. The second kappa shape index (κ2) is 9.96. The van der Waals surface area contributed by atoms with Gasteiger partial charge in [-0.1, -0.05) is 6.92 Å². The Kier molecular flexibility index (Phi) is 7.33. The van der Waals surface area contributed by atoms with Crippen molar-refractivity contribution in [2.75, 3.05) is 0 Å². The molecular weight excluding hydrogens is 398 g/mol. The molecule has 5 N–H and O–H groups in total.